The van der Waals surface area contributed by atoms with Crippen molar-refractivity contribution in [3.63, 3.8) is 0 Å². The highest BCUT2D eigenvalue weighted by Gasteiger charge is 2.25. The van der Waals surface area contributed by atoms with E-state index in [0.717, 1.165) is 94.9 Å². The molecule has 2 saturated carbocycles. The van der Waals surface area contributed by atoms with Crippen molar-refractivity contribution in [1.82, 2.24) is 45.3 Å². The summed E-state index contributed by atoms with van der Waals surface area (Å²) in [6.45, 7) is 19.6. The van der Waals surface area contributed by atoms with Crippen LogP contribution in [0.5, 0.6) is 0 Å². The lowest BCUT2D eigenvalue weighted by Crippen LogP contribution is -2.27. The maximum absolute atomic E-state index is 5.19. The molecule has 0 spiro atoms. The summed E-state index contributed by atoms with van der Waals surface area (Å²) in [5.74, 6) is 4.81. The van der Waals surface area contributed by atoms with Gasteiger partial charge in [-0.25, -0.2) is 0 Å². The molecule has 0 unspecified atom stereocenters. The summed E-state index contributed by atoms with van der Waals surface area (Å²) >= 11 is 0. The number of nitrogens with one attached hydrogen (secondary N) is 3. The molecule has 3 N–H and O–H groups in total. The standard InChI is InChI=1S/2C18H31N3.C16H23N3O/c1-3-21-18(16-8-10-19-11-9-16)13-17(20-21)12-15-6-4-14(2)5-7-15;1-2-21-18(16-9-11-19-12-10-16)14-17(20-21)13-15-7-5-3-4-6-8-15;1-2-19-16(14-3-7-17-8-4-14)12-15(18-19)11-13-5-9-20-10-6-13/h13-16,19H,3-12H2,1-2H3;14-16,19H,2-13H2,1H3;5-6,9,12,14,17H,2-4,7-8,10-11H2,1H3. The first-order chi connectivity index (χ1) is 30.5. The van der Waals surface area contributed by atoms with Crippen molar-refractivity contribution in [2.45, 2.75) is 187 Å². The normalized spacial score (nSPS) is 23.4. The lowest BCUT2D eigenvalue weighted by molar-refractivity contribution is 0.284. The molecule has 4 aliphatic heterocycles. The van der Waals surface area contributed by atoms with Gasteiger partial charge in [0.2, 0.25) is 0 Å². The molecule has 10 nitrogen and oxygen atoms in total. The second-order valence-corrected chi connectivity index (χ2v) is 19.7. The zero-order valence-electron chi connectivity index (χ0n) is 39.5. The van der Waals surface area contributed by atoms with E-state index in [4.69, 9.17) is 20.0 Å². The fraction of sp³-hybridized carbons (Fsp3) is 0.750. The molecule has 9 rings (SSSR count). The topological polar surface area (TPSA) is 98.8 Å². The zero-order valence-corrected chi connectivity index (χ0v) is 39.5. The van der Waals surface area contributed by atoms with Gasteiger partial charge in [0, 0.05) is 60.9 Å². The number of allylic oxidation sites excluding steroid dienone is 2. The van der Waals surface area contributed by atoms with Crippen molar-refractivity contribution in [1.29, 1.82) is 0 Å². The van der Waals surface area contributed by atoms with Gasteiger partial charge in [0.15, 0.2) is 0 Å². The Kier molecular flexibility index (Phi) is 18.7. The van der Waals surface area contributed by atoms with E-state index < -0.39 is 0 Å². The van der Waals surface area contributed by atoms with Crippen molar-refractivity contribution >= 4 is 0 Å². The number of hydrogen-bond donors (Lipinski definition) is 3. The van der Waals surface area contributed by atoms with Crippen LogP contribution in [0.2, 0.25) is 0 Å². The van der Waals surface area contributed by atoms with Gasteiger partial charge in [0.25, 0.3) is 0 Å². The third-order valence-electron chi connectivity index (χ3n) is 15.1. The number of rotatable bonds is 12. The van der Waals surface area contributed by atoms with Crippen molar-refractivity contribution in [2.75, 3.05) is 45.9 Å². The van der Waals surface area contributed by atoms with Crippen LogP contribution in [0.25, 0.3) is 0 Å². The fourth-order valence-corrected chi connectivity index (χ4v) is 11.3. The Hall–Kier alpha value is -3.21. The Morgan fingerprint density at radius 2 is 0.952 bits per heavy atom. The quantitative estimate of drug-likeness (QED) is 0.156. The van der Waals surface area contributed by atoms with Gasteiger partial charge >= 0.3 is 0 Å². The Balaban J connectivity index is 0.000000140. The second-order valence-electron chi connectivity index (χ2n) is 19.7. The molecule has 2 aliphatic carbocycles. The van der Waals surface area contributed by atoms with Crippen LogP contribution >= 0.6 is 0 Å². The van der Waals surface area contributed by atoms with Gasteiger partial charge in [-0.05, 0) is 178 Å². The molecule has 0 radical (unpaired) electrons. The SMILES string of the molecule is CCn1nc(CC2=CCOC=C2)cc1C1CCNCC1.CCn1nc(CC2CCC(C)CC2)cc1C1CCNCC1.CCn1nc(CC2CCCCCC2)cc1C1CCNCC1. The molecule has 0 amide bonds. The minimum atomic E-state index is 0.664. The molecule has 0 bridgehead atoms. The first kappa shape index (κ1) is 46.8. The molecular weight excluding hydrogens is 767 g/mol. The molecule has 6 aliphatic rings. The average molecular weight is 852 g/mol. The maximum atomic E-state index is 5.19. The minimum absolute atomic E-state index is 0.664. The van der Waals surface area contributed by atoms with Gasteiger partial charge in [-0.15, -0.1) is 0 Å². The summed E-state index contributed by atoms with van der Waals surface area (Å²) in [7, 11) is 0. The van der Waals surface area contributed by atoms with Gasteiger partial charge < -0.3 is 20.7 Å². The lowest BCUT2D eigenvalue weighted by Gasteiger charge is -2.25. The number of hydrogen-bond acceptors (Lipinski definition) is 7. The average Bonchev–Trinajstić information content (AvgIpc) is 4.00. The Morgan fingerprint density at radius 1 is 0.532 bits per heavy atom. The largest absolute Gasteiger partial charge is 0.497 e. The predicted molar refractivity (Wildman–Crippen MR) is 255 cm³/mol. The van der Waals surface area contributed by atoms with Crippen LogP contribution in [0.15, 0.2) is 42.2 Å². The van der Waals surface area contributed by atoms with Gasteiger partial charge in [-0.1, -0.05) is 58.3 Å². The molecule has 7 heterocycles. The van der Waals surface area contributed by atoms with Crippen molar-refractivity contribution in [3.05, 3.63) is 76.3 Å². The summed E-state index contributed by atoms with van der Waals surface area (Å²) < 4.78 is 11.9. The van der Waals surface area contributed by atoms with Crippen molar-refractivity contribution < 1.29 is 4.74 Å². The molecule has 5 fully saturated rings. The third kappa shape index (κ3) is 13.7. The minimum Gasteiger partial charge on any atom is -0.497 e. The van der Waals surface area contributed by atoms with Crippen LogP contribution < -0.4 is 16.0 Å². The second kappa shape index (κ2) is 24.7. The molecule has 62 heavy (non-hydrogen) atoms. The number of piperidine rings is 3. The summed E-state index contributed by atoms with van der Waals surface area (Å²) in [6, 6.07) is 7.17. The highest BCUT2D eigenvalue weighted by Crippen LogP contribution is 2.33. The third-order valence-corrected chi connectivity index (χ3v) is 15.1. The van der Waals surface area contributed by atoms with Gasteiger partial charge in [-0.3, -0.25) is 14.0 Å². The molecular formula is C52H85N9O. The summed E-state index contributed by atoms with van der Waals surface area (Å²) in [4.78, 5) is 0. The Bertz CT molecular complexity index is 1790. The van der Waals surface area contributed by atoms with Crippen LogP contribution in [0.1, 0.15) is 182 Å². The highest BCUT2D eigenvalue weighted by molar-refractivity contribution is 5.28. The Morgan fingerprint density at radius 3 is 1.37 bits per heavy atom. The summed E-state index contributed by atoms with van der Waals surface area (Å²) in [5, 5.41) is 25.0. The number of aromatic nitrogens is 6. The Labute approximate surface area is 375 Å². The van der Waals surface area contributed by atoms with Crippen LogP contribution in [-0.2, 0) is 43.6 Å². The monoisotopic (exact) mass is 852 g/mol. The molecule has 0 atom stereocenters. The van der Waals surface area contributed by atoms with Gasteiger partial charge in [-0.2, -0.15) is 15.3 Å². The molecule has 344 valence electrons. The van der Waals surface area contributed by atoms with E-state index >= 15 is 0 Å². The fourth-order valence-electron chi connectivity index (χ4n) is 11.3. The summed E-state index contributed by atoms with van der Waals surface area (Å²) in [5.41, 5.74) is 9.61. The van der Waals surface area contributed by atoms with E-state index in [1.807, 2.05) is 6.08 Å². The van der Waals surface area contributed by atoms with Crippen LogP contribution in [0.3, 0.4) is 0 Å². The zero-order chi connectivity index (χ0) is 42.9. The van der Waals surface area contributed by atoms with Crippen LogP contribution in [-0.4, -0.2) is 75.2 Å². The summed E-state index contributed by atoms with van der Waals surface area (Å²) in [6.07, 6.45) is 31.0. The first-order valence-corrected chi connectivity index (χ1v) is 25.8. The maximum Gasteiger partial charge on any atom is 0.106 e. The van der Waals surface area contributed by atoms with Gasteiger partial charge in [0.05, 0.1) is 23.3 Å². The van der Waals surface area contributed by atoms with Crippen LogP contribution in [0, 0.1) is 17.8 Å². The molecule has 3 aromatic rings. The lowest BCUT2D eigenvalue weighted by atomic mass is 9.81. The van der Waals surface area contributed by atoms with Gasteiger partial charge in [0.1, 0.15) is 6.61 Å². The van der Waals surface area contributed by atoms with E-state index in [1.165, 1.54) is 155 Å². The van der Waals surface area contributed by atoms with Crippen molar-refractivity contribution in [3.8, 4) is 0 Å². The first-order valence-electron chi connectivity index (χ1n) is 25.8. The van der Waals surface area contributed by atoms with E-state index in [9.17, 15) is 0 Å². The molecule has 3 saturated heterocycles. The van der Waals surface area contributed by atoms with Crippen LogP contribution in [0.4, 0.5) is 0 Å². The number of ether oxygens (including phenoxy) is 1. The predicted octanol–water partition coefficient (Wildman–Crippen LogP) is 10.0. The molecule has 0 aromatic carbocycles. The molecule has 3 aromatic heterocycles. The van der Waals surface area contributed by atoms with E-state index in [0.29, 0.717) is 12.5 Å². The van der Waals surface area contributed by atoms with Crippen molar-refractivity contribution in [2.24, 2.45) is 17.8 Å². The highest BCUT2D eigenvalue weighted by atomic mass is 16.5. The van der Waals surface area contributed by atoms with E-state index in [1.54, 1.807) is 6.26 Å². The number of nitrogens with zero attached hydrogens (tertiary/aromatic N) is 6. The van der Waals surface area contributed by atoms with E-state index in [-0.39, 0.29) is 0 Å². The number of aryl methyl sites for hydroxylation is 3. The molecule has 10 heteroatoms. The van der Waals surface area contributed by atoms with E-state index in [2.05, 4.69) is 82.0 Å². The smallest absolute Gasteiger partial charge is 0.106 e.